The van der Waals surface area contributed by atoms with Crippen LogP contribution in [0, 0.1) is 10.8 Å². The van der Waals surface area contributed by atoms with Crippen molar-refractivity contribution < 1.29 is 23.9 Å². The highest BCUT2D eigenvalue weighted by molar-refractivity contribution is 5.98. The van der Waals surface area contributed by atoms with Crippen LogP contribution in [-0.2, 0) is 23.9 Å². The minimum absolute atomic E-state index is 0.103. The number of rotatable bonds is 8. The van der Waals surface area contributed by atoms with Crippen LogP contribution >= 0.6 is 0 Å². The van der Waals surface area contributed by atoms with Crippen molar-refractivity contribution in [2.75, 3.05) is 0 Å². The van der Waals surface area contributed by atoms with E-state index in [4.69, 9.17) is 4.74 Å². The Bertz CT molecular complexity index is 439. The number of hydrogen-bond acceptors (Lipinski definition) is 5. The zero-order valence-corrected chi connectivity index (χ0v) is 13.0. The molecule has 0 aliphatic rings. The van der Waals surface area contributed by atoms with Crippen LogP contribution in [0.2, 0.25) is 0 Å². The number of carbonyl (C=O) groups is 4. The molecule has 5 heteroatoms. The van der Waals surface area contributed by atoms with Gasteiger partial charge in [-0.1, -0.05) is 13.2 Å². The van der Waals surface area contributed by atoms with Crippen molar-refractivity contribution in [1.29, 1.82) is 0 Å². The van der Waals surface area contributed by atoms with E-state index in [0.29, 0.717) is 0 Å². The Balaban J connectivity index is 4.87. The van der Waals surface area contributed by atoms with Gasteiger partial charge in [-0.15, -0.1) is 0 Å². The molecule has 0 fully saturated rings. The fourth-order valence-corrected chi connectivity index (χ4v) is 1.52. The number of carbonyl (C=O) groups excluding carboxylic acids is 4. The number of hydrogen-bond donors (Lipinski definition) is 0. The number of ether oxygens (including phenoxy) is 1. The number of esters is 2. The summed E-state index contributed by atoms with van der Waals surface area (Å²) in [5, 5.41) is 0. The van der Waals surface area contributed by atoms with Gasteiger partial charge in [-0.3, -0.25) is 19.2 Å². The van der Waals surface area contributed by atoms with Crippen molar-refractivity contribution >= 4 is 23.5 Å². The fraction of sp³-hybridized carbons (Fsp3) is 0.500. The van der Waals surface area contributed by atoms with Crippen LogP contribution in [-0.4, -0.2) is 23.5 Å². The Morgan fingerprint density at radius 3 is 1.33 bits per heavy atom. The molecule has 0 atom stereocenters. The van der Waals surface area contributed by atoms with Crippen LogP contribution in [0.15, 0.2) is 25.3 Å². The summed E-state index contributed by atoms with van der Waals surface area (Å²) in [5.74, 6) is -2.24. The van der Waals surface area contributed by atoms with Crippen LogP contribution in [0.1, 0.15) is 40.5 Å². The maximum atomic E-state index is 12.0. The fourth-order valence-electron chi connectivity index (χ4n) is 1.52. The van der Waals surface area contributed by atoms with E-state index in [1.807, 2.05) is 0 Å². The van der Waals surface area contributed by atoms with Crippen molar-refractivity contribution in [3.63, 3.8) is 0 Å². The van der Waals surface area contributed by atoms with Crippen molar-refractivity contribution in [2.24, 2.45) is 10.8 Å². The minimum Gasteiger partial charge on any atom is -0.392 e. The monoisotopic (exact) mass is 294 g/mol. The third-order valence-corrected chi connectivity index (χ3v) is 2.98. The molecule has 0 radical (unpaired) electrons. The van der Waals surface area contributed by atoms with Crippen molar-refractivity contribution in [3.05, 3.63) is 25.3 Å². The first-order valence-corrected chi connectivity index (χ1v) is 6.53. The van der Waals surface area contributed by atoms with Gasteiger partial charge in [-0.2, -0.15) is 0 Å². The zero-order valence-electron chi connectivity index (χ0n) is 13.0. The van der Waals surface area contributed by atoms with E-state index in [9.17, 15) is 19.2 Å². The predicted octanol–water partition coefficient (Wildman–Crippen LogP) is 2.40. The van der Waals surface area contributed by atoms with E-state index < -0.39 is 22.8 Å². The van der Waals surface area contributed by atoms with Gasteiger partial charge in [0.25, 0.3) is 0 Å². The molecule has 0 amide bonds. The Hall–Kier alpha value is -2.04. The third-order valence-electron chi connectivity index (χ3n) is 2.98. The molecule has 0 spiro atoms. The van der Waals surface area contributed by atoms with Crippen LogP contribution in [0.3, 0.4) is 0 Å². The Morgan fingerprint density at radius 1 is 0.810 bits per heavy atom. The second-order valence-electron chi connectivity index (χ2n) is 6.14. The first-order valence-electron chi connectivity index (χ1n) is 6.53. The van der Waals surface area contributed by atoms with E-state index in [-0.39, 0.29) is 24.4 Å². The van der Waals surface area contributed by atoms with E-state index in [1.54, 1.807) is 0 Å². The molecule has 0 rings (SSSR count). The van der Waals surface area contributed by atoms with Crippen LogP contribution in [0.5, 0.6) is 0 Å². The van der Waals surface area contributed by atoms with Gasteiger partial charge in [0.1, 0.15) is 0 Å². The summed E-state index contributed by atoms with van der Waals surface area (Å²) in [6.07, 6.45) is 2.02. The number of ketones is 2. The highest BCUT2D eigenvalue weighted by Gasteiger charge is 2.38. The molecule has 0 aromatic rings. The van der Waals surface area contributed by atoms with Gasteiger partial charge in [0.15, 0.2) is 11.6 Å². The Labute approximate surface area is 125 Å². The van der Waals surface area contributed by atoms with Gasteiger partial charge >= 0.3 is 11.9 Å². The standard InChI is InChI=1S/C16H22O5/c1-7-11(17)9-15(3,4)13(19)21-14(20)16(5,6)10-12(18)8-2/h7-8H,1-2,9-10H2,3-6H3. The molecular weight excluding hydrogens is 272 g/mol. The lowest BCUT2D eigenvalue weighted by molar-refractivity contribution is -0.173. The molecule has 0 aliphatic heterocycles. The summed E-state index contributed by atoms with van der Waals surface area (Å²) in [4.78, 5) is 46.7. The largest absolute Gasteiger partial charge is 0.392 e. The first-order chi connectivity index (χ1) is 9.46. The summed E-state index contributed by atoms with van der Waals surface area (Å²) in [6, 6.07) is 0. The van der Waals surface area contributed by atoms with Gasteiger partial charge in [-0.05, 0) is 39.8 Å². The quantitative estimate of drug-likeness (QED) is 0.390. The molecule has 0 saturated heterocycles. The smallest absolute Gasteiger partial charge is 0.319 e. The average molecular weight is 294 g/mol. The third kappa shape index (κ3) is 5.85. The summed E-state index contributed by atoms with van der Waals surface area (Å²) in [7, 11) is 0. The topological polar surface area (TPSA) is 77.5 Å². The van der Waals surface area contributed by atoms with Gasteiger partial charge in [0.2, 0.25) is 0 Å². The first kappa shape index (κ1) is 19.0. The summed E-state index contributed by atoms with van der Waals surface area (Å²) < 4.78 is 4.82. The van der Waals surface area contributed by atoms with E-state index in [0.717, 1.165) is 12.2 Å². The predicted molar refractivity (Wildman–Crippen MR) is 78.3 cm³/mol. The minimum atomic E-state index is -1.14. The highest BCUT2D eigenvalue weighted by Crippen LogP contribution is 2.27. The van der Waals surface area contributed by atoms with Crippen molar-refractivity contribution in [3.8, 4) is 0 Å². The lowest BCUT2D eigenvalue weighted by Crippen LogP contribution is -2.36. The molecule has 0 unspecified atom stereocenters. The van der Waals surface area contributed by atoms with Gasteiger partial charge < -0.3 is 4.74 Å². The molecule has 0 saturated carbocycles. The molecule has 0 aromatic heterocycles. The lowest BCUT2D eigenvalue weighted by Gasteiger charge is -2.25. The average Bonchev–Trinajstić information content (AvgIpc) is 2.37. The lowest BCUT2D eigenvalue weighted by atomic mass is 9.85. The second-order valence-corrected chi connectivity index (χ2v) is 6.14. The van der Waals surface area contributed by atoms with Crippen LogP contribution in [0.4, 0.5) is 0 Å². The molecule has 0 N–H and O–H groups in total. The molecule has 21 heavy (non-hydrogen) atoms. The zero-order chi connectivity index (χ0) is 16.8. The molecule has 0 aliphatic carbocycles. The van der Waals surface area contributed by atoms with Gasteiger partial charge in [0, 0.05) is 12.8 Å². The molecule has 5 nitrogen and oxygen atoms in total. The highest BCUT2D eigenvalue weighted by atomic mass is 16.6. The SMILES string of the molecule is C=CC(=O)CC(C)(C)C(=O)OC(=O)C(C)(C)CC(=O)C=C. The maximum absolute atomic E-state index is 12.0. The van der Waals surface area contributed by atoms with Gasteiger partial charge in [0.05, 0.1) is 10.8 Å². The van der Waals surface area contributed by atoms with Crippen molar-refractivity contribution in [2.45, 2.75) is 40.5 Å². The molecule has 116 valence electrons. The van der Waals surface area contributed by atoms with E-state index in [2.05, 4.69) is 13.2 Å². The van der Waals surface area contributed by atoms with E-state index in [1.165, 1.54) is 27.7 Å². The number of allylic oxidation sites excluding steroid dienone is 2. The van der Waals surface area contributed by atoms with Crippen LogP contribution < -0.4 is 0 Å². The summed E-state index contributed by atoms with van der Waals surface area (Å²) >= 11 is 0. The summed E-state index contributed by atoms with van der Waals surface area (Å²) in [6.45, 7) is 12.7. The molecule has 0 aromatic carbocycles. The Kier molecular flexibility index (Phi) is 6.42. The summed E-state index contributed by atoms with van der Waals surface area (Å²) in [5.41, 5.74) is -2.28. The second kappa shape index (κ2) is 7.11. The molecule has 0 heterocycles. The maximum Gasteiger partial charge on any atom is 0.319 e. The van der Waals surface area contributed by atoms with E-state index >= 15 is 0 Å². The molecule has 0 bridgehead atoms. The van der Waals surface area contributed by atoms with Gasteiger partial charge in [-0.25, -0.2) is 0 Å². The normalized spacial score (nSPS) is 11.4. The van der Waals surface area contributed by atoms with Crippen molar-refractivity contribution in [1.82, 2.24) is 0 Å². The Morgan fingerprint density at radius 2 is 1.10 bits per heavy atom. The van der Waals surface area contributed by atoms with Crippen LogP contribution in [0.25, 0.3) is 0 Å². The molecular formula is C16H22O5.